The van der Waals surface area contributed by atoms with Gasteiger partial charge >= 0.3 is 0 Å². The first-order chi connectivity index (χ1) is 10.7. The van der Waals surface area contributed by atoms with E-state index in [9.17, 15) is 4.39 Å². The molecule has 0 saturated carbocycles. The third-order valence-electron chi connectivity index (χ3n) is 4.06. The summed E-state index contributed by atoms with van der Waals surface area (Å²) in [6.45, 7) is 7.83. The van der Waals surface area contributed by atoms with Crippen LogP contribution in [0.3, 0.4) is 0 Å². The fourth-order valence-corrected chi connectivity index (χ4v) is 2.90. The number of benzene rings is 1. The Balaban J connectivity index is 1.52. The van der Waals surface area contributed by atoms with Crippen molar-refractivity contribution in [3.63, 3.8) is 0 Å². The summed E-state index contributed by atoms with van der Waals surface area (Å²) in [6, 6.07) is 8.81. The van der Waals surface area contributed by atoms with Crippen LogP contribution in [0.1, 0.15) is 23.4 Å². The van der Waals surface area contributed by atoms with Crippen molar-refractivity contribution in [3.8, 4) is 0 Å². The lowest BCUT2D eigenvalue weighted by molar-refractivity contribution is 0.225. The number of hydrogen-bond acceptors (Lipinski definition) is 4. The van der Waals surface area contributed by atoms with Gasteiger partial charge in [-0.3, -0.25) is 9.80 Å². The number of hydrogen-bond donors (Lipinski definition) is 0. The van der Waals surface area contributed by atoms with Crippen molar-refractivity contribution in [3.05, 3.63) is 53.2 Å². The van der Waals surface area contributed by atoms with Gasteiger partial charge in [0.25, 0.3) is 0 Å². The first-order valence-corrected chi connectivity index (χ1v) is 7.80. The van der Waals surface area contributed by atoms with Crippen LogP contribution in [0.2, 0.25) is 0 Å². The molecule has 1 aromatic carbocycles. The van der Waals surface area contributed by atoms with Crippen molar-refractivity contribution in [1.29, 1.82) is 0 Å². The van der Waals surface area contributed by atoms with E-state index >= 15 is 0 Å². The van der Waals surface area contributed by atoms with Gasteiger partial charge in [-0.25, -0.2) is 4.39 Å². The van der Waals surface area contributed by atoms with Crippen molar-refractivity contribution < 1.29 is 8.91 Å². The summed E-state index contributed by atoms with van der Waals surface area (Å²) in [5.74, 6) is 0.762. The fourth-order valence-electron chi connectivity index (χ4n) is 2.90. The number of nitrogens with zero attached hydrogens (tertiary/aromatic N) is 3. The largest absolute Gasteiger partial charge is 0.360 e. The Labute approximate surface area is 130 Å². The lowest BCUT2D eigenvalue weighted by atomic mass is 10.2. The summed E-state index contributed by atoms with van der Waals surface area (Å²) in [5, 5.41) is 3.94. The highest BCUT2D eigenvalue weighted by Crippen LogP contribution is 2.12. The third kappa shape index (κ3) is 4.15. The first kappa shape index (κ1) is 15.2. The van der Waals surface area contributed by atoms with Gasteiger partial charge in [0, 0.05) is 25.7 Å². The summed E-state index contributed by atoms with van der Waals surface area (Å²) in [4.78, 5) is 4.84. The van der Waals surface area contributed by atoms with Gasteiger partial charge < -0.3 is 4.52 Å². The maximum absolute atomic E-state index is 13.0. The van der Waals surface area contributed by atoms with E-state index in [1.54, 1.807) is 0 Å². The van der Waals surface area contributed by atoms with Crippen LogP contribution in [0.15, 0.2) is 34.9 Å². The van der Waals surface area contributed by atoms with Gasteiger partial charge in [-0.2, -0.15) is 0 Å². The Morgan fingerprint density at radius 3 is 2.36 bits per heavy atom. The topological polar surface area (TPSA) is 32.5 Å². The predicted molar refractivity (Wildman–Crippen MR) is 82.8 cm³/mol. The van der Waals surface area contributed by atoms with Crippen molar-refractivity contribution >= 4 is 0 Å². The smallest absolute Gasteiger partial charge is 0.150 e. The molecule has 0 N–H and O–H groups in total. The zero-order valence-corrected chi connectivity index (χ0v) is 13.0. The fraction of sp³-hybridized carbons (Fsp3) is 0.471. The molecule has 1 saturated heterocycles. The highest BCUT2D eigenvalue weighted by Gasteiger charge is 2.16. The number of aromatic nitrogens is 1. The van der Waals surface area contributed by atoms with Crippen LogP contribution in [0.5, 0.6) is 0 Å². The molecule has 0 aliphatic carbocycles. The van der Waals surface area contributed by atoms with E-state index in [2.05, 4.69) is 15.0 Å². The monoisotopic (exact) mass is 303 g/mol. The molecule has 0 radical (unpaired) electrons. The maximum Gasteiger partial charge on any atom is 0.150 e. The molecule has 1 fully saturated rings. The SMILES string of the molecule is Cc1cc(CN2CCCN(Cc3ccc(F)cc3)CC2)on1. The van der Waals surface area contributed by atoms with Gasteiger partial charge in [0.05, 0.1) is 12.2 Å². The Hall–Kier alpha value is -1.72. The number of rotatable bonds is 4. The van der Waals surface area contributed by atoms with E-state index in [0.717, 1.165) is 57.1 Å². The van der Waals surface area contributed by atoms with E-state index in [1.807, 2.05) is 25.1 Å². The lowest BCUT2D eigenvalue weighted by Crippen LogP contribution is -2.30. The predicted octanol–water partition coefficient (Wildman–Crippen LogP) is 2.83. The normalized spacial score (nSPS) is 17.5. The number of aryl methyl sites for hydroxylation is 1. The van der Waals surface area contributed by atoms with Crippen molar-refractivity contribution in [2.75, 3.05) is 26.2 Å². The van der Waals surface area contributed by atoms with Crippen LogP contribution in [0.4, 0.5) is 4.39 Å². The van der Waals surface area contributed by atoms with Gasteiger partial charge in [-0.1, -0.05) is 17.3 Å². The zero-order chi connectivity index (χ0) is 15.4. The van der Waals surface area contributed by atoms with Gasteiger partial charge in [0.15, 0.2) is 5.76 Å². The van der Waals surface area contributed by atoms with Crippen LogP contribution in [0.25, 0.3) is 0 Å². The molecule has 4 nitrogen and oxygen atoms in total. The highest BCUT2D eigenvalue weighted by atomic mass is 19.1. The maximum atomic E-state index is 13.0. The molecule has 1 aliphatic rings. The molecule has 118 valence electrons. The second-order valence-corrected chi connectivity index (χ2v) is 5.97. The molecule has 0 atom stereocenters. The molecule has 1 aliphatic heterocycles. The molecule has 0 spiro atoms. The Bertz CT molecular complexity index is 596. The molecule has 3 rings (SSSR count). The molecule has 0 amide bonds. The Kier molecular flexibility index (Phi) is 4.85. The zero-order valence-electron chi connectivity index (χ0n) is 13.0. The summed E-state index contributed by atoms with van der Waals surface area (Å²) >= 11 is 0. The van der Waals surface area contributed by atoms with Crippen molar-refractivity contribution in [2.45, 2.75) is 26.4 Å². The number of halogens is 1. The molecule has 5 heteroatoms. The van der Waals surface area contributed by atoms with Gasteiger partial charge in [0.1, 0.15) is 5.82 Å². The summed E-state index contributed by atoms with van der Waals surface area (Å²) < 4.78 is 18.3. The van der Waals surface area contributed by atoms with E-state index < -0.39 is 0 Å². The molecule has 22 heavy (non-hydrogen) atoms. The summed E-state index contributed by atoms with van der Waals surface area (Å²) in [5.41, 5.74) is 2.10. The Morgan fingerprint density at radius 2 is 1.73 bits per heavy atom. The molecule has 1 aromatic heterocycles. The minimum Gasteiger partial charge on any atom is -0.360 e. The second-order valence-electron chi connectivity index (χ2n) is 5.97. The van der Waals surface area contributed by atoms with Crippen LogP contribution >= 0.6 is 0 Å². The summed E-state index contributed by atoms with van der Waals surface area (Å²) in [7, 11) is 0. The van der Waals surface area contributed by atoms with E-state index in [1.165, 1.54) is 17.7 Å². The van der Waals surface area contributed by atoms with E-state index in [-0.39, 0.29) is 5.82 Å². The second kappa shape index (κ2) is 7.03. The average Bonchev–Trinajstić information content (AvgIpc) is 2.78. The minimum absolute atomic E-state index is 0.173. The van der Waals surface area contributed by atoms with Crippen LogP contribution in [-0.2, 0) is 13.1 Å². The first-order valence-electron chi connectivity index (χ1n) is 7.80. The minimum atomic E-state index is -0.173. The van der Waals surface area contributed by atoms with Crippen LogP contribution in [0, 0.1) is 12.7 Å². The van der Waals surface area contributed by atoms with Gasteiger partial charge in [-0.15, -0.1) is 0 Å². The molecular weight excluding hydrogens is 281 g/mol. The molecule has 2 aromatic rings. The summed E-state index contributed by atoms with van der Waals surface area (Å²) in [6.07, 6.45) is 1.13. The highest BCUT2D eigenvalue weighted by molar-refractivity contribution is 5.15. The van der Waals surface area contributed by atoms with Crippen LogP contribution in [-0.4, -0.2) is 41.1 Å². The van der Waals surface area contributed by atoms with E-state index in [0.29, 0.717) is 0 Å². The van der Waals surface area contributed by atoms with Gasteiger partial charge in [0.2, 0.25) is 0 Å². The van der Waals surface area contributed by atoms with Crippen molar-refractivity contribution in [1.82, 2.24) is 15.0 Å². The molecule has 0 unspecified atom stereocenters. The molecule has 2 heterocycles. The lowest BCUT2D eigenvalue weighted by Gasteiger charge is -2.21. The third-order valence-corrected chi connectivity index (χ3v) is 4.06. The average molecular weight is 303 g/mol. The van der Waals surface area contributed by atoms with Crippen LogP contribution < -0.4 is 0 Å². The van der Waals surface area contributed by atoms with E-state index in [4.69, 9.17) is 4.52 Å². The van der Waals surface area contributed by atoms with Crippen molar-refractivity contribution in [2.24, 2.45) is 0 Å². The quantitative estimate of drug-likeness (QED) is 0.869. The van der Waals surface area contributed by atoms with Gasteiger partial charge in [-0.05, 0) is 44.1 Å². The molecular formula is C17H22FN3O. The Morgan fingerprint density at radius 1 is 1.05 bits per heavy atom. The molecule has 0 bridgehead atoms. The standard InChI is InChI=1S/C17H22FN3O/c1-14-11-17(22-19-14)13-21-8-2-7-20(9-10-21)12-15-3-5-16(18)6-4-15/h3-6,11H,2,7-10,12-13H2,1H3.